The fourth-order valence-corrected chi connectivity index (χ4v) is 3.70. The molecule has 1 heterocycles. The van der Waals surface area contributed by atoms with E-state index < -0.39 is 0 Å². The summed E-state index contributed by atoms with van der Waals surface area (Å²) in [5.74, 6) is 2.42. The van der Waals surface area contributed by atoms with Crippen molar-refractivity contribution in [1.29, 1.82) is 0 Å². The van der Waals surface area contributed by atoms with Crippen LogP contribution in [0.3, 0.4) is 0 Å². The number of ether oxygens (including phenoxy) is 3. The van der Waals surface area contributed by atoms with Crippen molar-refractivity contribution in [2.24, 2.45) is 0 Å². The first-order chi connectivity index (χ1) is 14.0. The molecule has 0 saturated carbocycles. The van der Waals surface area contributed by atoms with E-state index in [1.165, 1.54) is 11.8 Å². The van der Waals surface area contributed by atoms with Gasteiger partial charge in [-0.1, -0.05) is 17.8 Å². The molecule has 0 atom stereocenters. The van der Waals surface area contributed by atoms with E-state index in [1.54, 1.807) is 26.2 Å². The number of aromatic amines is 1. The van der Waals surface area contributed by atoms with Crippen LogP contribution in [0.1, 0.15) is 12.5 Å². The highest BCUT2D eigenvalue weighted by Crippen LogP contribution is 2.28. The largest absolute Gasteiger partial charge is 0.494 e. The van der Waals surface area contributed by atoms with Crippen LogP contribution in [0, 0.1) is 0 Å². The van der Waals surface area contributed by atoms with Crippen molar-refractivity contribution >= 4 is 28.7 Å². The first kappa shape index (κ1) is 20.9. The molecule has 7 nitrogen and oxygen atoms in total. The smallest absolute Gasteiger partial charge is 0.233 e. The zero-order valence-corrected chi connectivity index (χ0v) is 17.8. The van der Waals surface area contributed by atoms with Crippen LogP contribution < -0.4 is 14.2 Å². The minimum Gasteiger partial charge on any atom is -0.494 e. The molecule has 0 aliphatic heterocycles. The van der Waals surface area contributed by atoms with Crippen LogP contribution >= 0.6 is 11.8 Å². The highest BCUT2D eigenvalue weighted by molar-refractivity contribution is 7.99. The number of carbonyl (C=O) groups is 1. The average molecular weight is 416 g/mol. The number of fused-ring (bicyclic) bond motifs is 1. The summed E-state index contributed by atoms with van der Waals surface area (Å²) < 4.78 is 16.1. The number of benzene rings is 2. The number of H-pyrrole nitrogens is 1. The summed E-state index contributed by atoms with van der Waals surface area (Å²) in [6, 6.07) is 11.4. The topological polar surface area (TPSA) is 76.7 Å². The van der Waals surface area contributed by atoms with Gasteiger partial charge in [-0.2, -0.15) is 0 Å². The predicted molar refractivity (Wildman–Crippen MR) is 114 cm³/mol. The molecule has 0 spiro atoms. The molecule has 0 saturated heterocycles. The van der Waals surface area contributed by atoms with Crippen molar-refractivity contribution < 1.29 is 19.0 Å². The van der Waals surface area contributed by atoms with E-state index in [0.29, 0.717) is 35.6 Å². The third kappa shape index (κ3) is 5.14. The molecule has 8 heteroatoms. The second kappa shape index (κ2) is 9.56. The maximum atomic E-state index is 12.5. The van der Waals surface area contributed by atoms with Gasteiger partial charge in [0.15, 0.2) is 16.7 Å². The number of hydrogen-bond donors (Lipinski definition) is 1. The van der Waals surface area contributed by atoms with Gasteiger partial charge in [-0.15, -0.1) is 0 Å². The molecule has 154 valence electrons. The van der Waals surface area contributed by atoms with E-state index in [4.69, 9.17) is 14.2 Å². The Kier molecular flexibility index (Phi) is 6.87. The number of hydrogen-bond acceptors (Lipinski definition) is 6. The maximum absolute atomic E-state index is 12.5. The third-order valence-electron chi connectivity index (χ3n) is 4.37. The van der Waals surface area contributed by atoms with E-state index in [-0.39, 0.29) is 5.91 Å². The van der Waals surface area contributed by atoms with E-state index in [9.17, 15) is 4.79 Å². The Labute approximate surface area is 174 Å². The van der Waals surface area contributed by atoms with Crippen molar-refractivity contribution in [3.63, 3.8) is 0 Å². The molecule has 3 rings (SSSR count). The lowest BCUT2D eigenvalue weighted by molar-refractivity contribution is -0.127. The molecule has 3 aromatic rings. The molecule has 0 fully saturated rings. The second-order valence-corrected chi connectivity index (χ2v) is 7.35. The molecule has 0 bridgehead atoms. The summed E-state index contributed by atoms with van der Waals surface area (Å²) in [5.41, 5.74) is 2.71. The molecule has 0 aliphatic rings. The van der Waals surface area contributed by atoms with Crippen molar-refractivity contribution in [3.05, 3.63) is 42.0 Å². The van der Waals surface area contributed by atoms with Crippen molar-refractivity contribution in [2.45, 2.75) is 18.6 Å². The number of methoxy groups -OCH3 is 2. The van der Waals surface area contributed by atoms with Gasteiger partial charge < -0.3 is 24.1 Å². The van der Waals surface area contributed by atoms with Crippen LogP contribution in [-0.4, -0.2) is 54.4 Å². The van der Waals surface area contributed by atoms with Gasteiger partial charge in [0.1, 0.15) is 5.75 Å². The van der Waals surface area contributed by atoms with Crippen LogP contribution in [0.15, 0.2) is 41.6 Å². The molecule has 2 aromatic carbocycles. The van der Waals surface area contributed by atoms with Gasteiger partial charge >= 0.3 is 0 Å². The summed E-state index contributed by atoms with van der Waals surface area (Å²) >= 11 is 1.38. The Balaban J connectivity index is 1.59. The Morgan fingerprint density at radius 2 is 1.93 bits per heavy atom. The molecule has 1 aromatic heterocycles. The number of nitrogens with zero attached hydrogens (tertiary/aromatic N) is 2. The van der Waals surface area contributed by atoms with Crippen LogP contribution in [0.5, 0.6) is 17.2 Å². The quantitative estimate of drug-likeness (QED) is 0.537. The lowest BCUT2D eigenvalue weighted by Crippen LogP contribution is -2.27. The zero-order chi connectivity index (χ0) is 20.8. The fraction of sp³-hybridized carbons (Fsp3) is 0.333. The van der Waals surface area contributed by atoms with E-state index in [0.717, 1.165) is 22.3 Å². The Morgan fingerprint density at radius 3 is 2.66 bits per heavy atom. The summed E-state index contributed by atoms with van der Waals surface area (Å²) in [5, 5.41) is 0.710. The minimum atomic E-state index is 0.0141. The summed E-state index contributed by atoms with van der Waals surface area (Å²) in [7, 11) is 4.98. The number of nitrogens with one attached hydrogen (secondary N) is 1. The molecule has 0 unspecified atom stereocenters. The Morgan fingerprint density at radius 1 is 1.14 bits per heavy atom. The van der Waals surface area contributed by atoms with Crippen LogP contribution in [-0.2, 0) is 11.3 Å². The van der Waals surface area contributed by atoms with Gasteiger partial charge in [-0.25, -0.2) is 4.98 Å². The van der Waals surface area contributed by atoms with Gasteiger partial charge in [-0.05, 0) is 36.8 Å². The average Bonchev–Trinajstić information content (AvgIpc) is 3.14. The molecular weight excluding hydrogens is 390 g/mol. The molecule has 1 amide bonds. The summed E-state index contributed by atoms with van der Waals surface area (Å²) in [6.45, 7) is 3.04. The highest BCUT2D eigenvalue weighted by Gasteiger charge is 2.13. The minimum absolute atomic E-state index is 0.0141. The van der Waals surface area contributed by atoms with Gasteiger partial charge in [0.2, 0.25) is 5.91 Å². The monoisotopic (exact) mass is 415 g/mol. The number of imidazole rings is 1. The van der Waals surface area contributed by atoms with Crippen LogP contribution in [0.25, 0.3) is 11.0 Å². The normalized spacial score (nSPS) is 10.8. The third-order valence-corrected chi connectivity index (χ3v) is 5.23. The van der Waals surface area contributed by atoms with Gasteiger partial charge in [0.25, 0.3) is 0 Å². The Hall–Kier alpha value is -2.87. The van der Waals surface area contributed by atoms with Crippen molar-refractivity contribution in [1.82, 2.24) is 14.9 Å². The number of amides is 1. The van der Waals surface area contributed by atoms with Gasteiger partial charge in [0.05, 0.1) is 37.6 Å². The zero-order valence-electron chi connectivity index (χ0n) is 17.0. The second-order valence-electron chi connectivity index (χ2n) is 6.38. The molecule has 29 heavy (non-hydrogen) atoms. The standard InChI is InChI=1S/C21H25N3O4S/c1-5-28-15-7-8-16-17(11-15)23-21(22-16)29-13-20(25)24(2)12-14-6-9-18(26-3)19(10-14)27-4/h6-11H,5,12-13H2,1-4H3,(H,22,23). The first-order valence-electron chi connectivity index (χ1n) is 9.24. The van der Waals surface area contributed by atoms with E-state index in [2.05, 4.69) is 9.97 Å². The van der Waals surface area contributed by atoms with Crippen LogP contribution in [0.4, 0.5) is 0 Å². The fourth-order valence-electron chi connectivity index (χ4n) is 2.87. The number of aromatic nitrogens is 2. The predicted octanol–water partition coefficient (Wildman–Crippen LogP) is 3.73. The SMILES string of the molecule is CCOc1ccc2nc(SCC(=O)N(C)Cc3ccc(OC)c(OC)c3)[nH]c2c1. The van der Waals surface area contributed by atoms with Crippen molar-refractivity contribution in [2.75, 3.05) is 33.6 Å². The summed E-state index contributed by atoms with van der Waals surface area (Å²) in [4.78, 5) is 22.0. The molecule has 0 aliphatic carbocycles. The highest BCUT2D eigenvalue weighted by atomic mass is 32.2. The number of carbonyl (C=O) groups excluding carboxylic acids is 1. The van der Waals surface area contributed by atoms with E-state index in [1.807, 2.05) is 43.3 Å². The lowest BCUT2D eigenvalue weighted by atomic mass is 10.2. The first-order valence-corrected chi connectivity index (χ1v) is 10.2. The van der Waals surface area contributed by atoms with Crippen molar-refractivity contribution in [3.8, 4) is 17.2 Å². The van der Waals surface area contributed by atoms with Gasteiger partial charge in [0, 0.05) is 19.7 Å². The molecule has 1 N–H and O–H groups in total. The number of thioether (sulfide) groups is 1. The molecule has 0 radical (unpaired) electrons. The van der Waals surface area contributed by atoms with Crippen LogP contribution in [0.2, 0.25) is 0 Å². The summed E-state index contributed by atoms with van der Waals surface area (Å²) in [6.07, 6.45) is 0. The van der Waals surface area contributed by atoms with Gasteiger partial charge in [-0.3, -0.25) is 4.79 Å². The number of rotatable bonds is 9. The Bertz CT molecular complexity index is 989. The maximum Gasteiger partial charge on any atom is 0.233 e. The van der Waals surface area contributed by atoms with E-state index >= 15 is 0 Å². The molecular formula is C21H25N3O4S. The lowest BCUT2D eigenvalue weighted by Gasteiger charge is -2.18.